The number of nitrogen functional groups attached to an aromatic ring is 1. The largest absolute Gasteiger partial charge is 0.465 e. The van der Waals surface area contributed by atoms with E-state index in [1.165, 1.54) is 37.4 Å². The molecule has 0 aromatic heterocycles. The van der Waals surface area contributed by atoms with Gasteiger partial charge in [0.2, 0.25) is 10.0 Å². The minimum atomic E-state index is -3.85. The van der Waals surface area contributed by atoms with Crippen LogP contribution in [0.3, 0.4) is 0 Å². The number of methoxy groups -OCH3 is 1. The number of nitrogens with one attached hydrogen (secondary N) is 1. The summed E-state index contributed by atoms with van der Waals surface area (Å²) in [7, 11) is -2.56. The molecule has 7 N–H and O–H groups in total. The molecular weight excluding hydrogens is 420 g/mol. The van der Waals surface area contributed by atoms with Crippen molar-refractivity contribution in [3.8, 4) is 11.1 Å². The van der Waals surface area contributed by atoms with Gasteiger partial charge in [-0.1, -0.05) is 18.2 Å². The van der Waals surface area contributed by atoms with Crippen molar-refractivity contribution in [3.63, 3.8) is 0 Å². The first-order valence-corrected chi connectivity index (χ1v) is 10.5. The van der Waals surface area contributed by atoms with Crippen LogP contribution in [-0.4, -0.2) is 27.4 Å². The summed E-state index contributed by atoms with van der Waals surface area (Å²) >= 11 is 0. The van der Waals surface area contributed by atoms with E-state index in [1.54, 1.807) is 30.3 Å². The van der Waals surface area contributed by atoms with Crippen molar-refractivity contribution in [2.24, 2.45) is 10.9 Å². The van der Waals surface area contributed by atoms with E-state index in [0.717, 1.165) is 0 Å². The number of carbonyl (C=O) groups is 2. The smallest absolute Gasteiger partial charge is 0.337 e. The molecule has 3 aromatic rings. The average Bonchev–Trinajstić information content (AvgIpc) is 2.73. The van der Waals surface area contributed by atoms with Gasteiger partial charge in [-0.15, -0.1) is 0 Å². The van der Waals surface area contributed by atoms with E-state index in [2.05, 4.69) is 5.32 Å². The molecule has 3 aromatic carbocycles. The van der Waals surface area contributed by atoms with Crippen molar-refractivity contribution in [2.45, 2.75) is 4.90 Å². The Morgan fingerprint density at radius 3 is 2.23 bits per heavy atom. The Hall–Kier alpha value is -3.89. The van der Waals surface area contributed by atoms with Gasteiger partial charge >= 0.3 is 5.97 Å². The van der Waals surface area contributed by atoms with Crippen molar-refractivity contribution >= 4 is 39.0 Å². The first-order chi connectivity index (χ1) is 14.6. The van der Waals surface area contributed by atoms with Crippen LogP contribution in [0.4, 0.5) is 17.1 Å². The number of primary amides is 1. The lowest BCUT2D eigenvalue weighted by molar-refractivity contribution is 0.0600. The van der Waals surface area contributed by atoms with Crippen LogP contribution in [-0.2, 0) is 14.8 Å². The zero-order valence-corrected chi connectivity index (χ0v) is 17.3. The van der Waals surface area contributed by atoms with Gasteiger partial charge in [0.05, 0.1) is 28.8 Å². The number of carbonyl (C=O) groups excluding carboxylic acids is 2. The van der Waals surface area contributed by atoms with Gasteiger partial charge in [0, 0.05) is 16.9 Å². The lowest BCUT2D eigenvalue weighted by Gasteiger charge is -2.15. The number of benzene rings is 3. The van der Waals surface area contributed by atoms with Crippen LogP contribution in [0.1, 0.15) is 20.7 Å². The van der Waals surface area contributed by atoms with Crippen LogP contribution in [0.25, 0.3) is 11.1 Å². The third-order valence-corrected chi connectivity index (χ3v) is 5.44. The minimum absolute atomic E-state index is 0.0566. The van der Waals surface area contributed by atoms with Gasteiger partial charge in [-0.2, -0.15) is 0 Å². The highest BCUT2D eigenvalue weighted by atomic mass is 32.2. The first kappa shape index (κ1) is 21.8. The molecule has 0 fully saturated rings. The van der Waals surface area contributed by atoms with Crippen LogP contribution in [0.2, 0.25) is 0 Å². The number of hydrogen-bond donors (Lipinski definition) is 4. The lowest BCUT2D eigenvalue weighted by Crippen LogP contribution is -2.15. The molecule has 0 aliphatic heterocycles. The van der Waals surface area contributed by atoms with Gasteiger partial charge < -0.3 is 21.5 Å². The second-order valence-electron chi connectivity index (χ2n) is 6.62. The van der Waals surface area contributed by atoms with Gasteiger partial charge in [-0.3, -0.25) is 4.79 Å². The van der Waals surface area contributed by atoms with Gasteiger partial charge in [-0.05, 0) is 48.0 Å². The molecule has 0 heterocycles. The van der Waals surface area contributed by atoms with E-state index in [4.69, 9.17) is 21.3 Å². The summed E-state index contributed by atoms with van der Waals surface area (Å²) in [6.45, 7) is 0. The Balaban J connectivity index is 2.06. The minimum Gasteiger partial charge on any atom is -0.465 e. The van der Waals surface area contributed by atoms with Crippen LogP contribution < -0.4 is 21.9 Å². The molecule has 10 heteroatoms. The van der Waals surface area contributed by atoms with Crippen LogP contribution in [0.15, 0.2) is 65.6 Å². The van der Waals surface area contributed by atoms with Gasteiger partial charge in [0.1, 0.15) is 0 Å². The standard InChI is InChI=1S/C21H20N4O5S/c1-30-21(27)13-3-2-4-14(9-13)25-15-10-17(19(22)18(11-15)20(23)26)12-5-7-16(8-6-12)31(24,28)29/h2-11,25H,22H2,1H3,(H2,23,26)(H2,24,28,29). The quantitative estimate of drug-likeness (QED) is 0.336. The summed E-state index contributed by atoms with van der Waals surface area (Å²) in [6, 6.07) is 15.5. The summed E-state index contributed by atoms with van der Waals surface area (Å²) in [6.07, 6.45) is 0. The SMILES string of the molecule is COC(=O)c1cccc(Nc2cc(C(N)=O)c(N)c(-c3ccc(S(N)(=O)=O)cc3)c2)c1. The van der Waals surface area contributed by atoms with E-state index < -0.39 is 21.9 Å². The summed E-state index contributed by atoms with van der Waals surface area (Å²) in [4.78, 5) is 23.6. The maximum atomic E-state index is 11.9. The predicted octanol–water partition coefficient (Wildman–Crippen LogP) is 2.21. The Labute approximate surface area is 178 Å². The Bertz CT molecular complexity index is 1270. The molecule has 0 saturated carbocycles. The van der Waals surface area contributed by atoms with Crippen molar-refractivity contribution in [2.75, 3.05) is 18.2 Å². The monoisotopic (exact) mass is 440 g/mol. The van der Waals surface area contributed by atoms with E-state index in [9.17, 15) is 18.0 Å². The Morgan fingerprint density at radius 1 is 0.968 bits per heavy atom. The molecular formula is C21H20N4O5S. The number of primary sulfonamides is 1. The van der Waals surface area contributed by atoms with Crippen LogP contribution in [0, 0.1) is 0 Å². The molecule has 3 rings (SSSR count). The fraction of sp³-hybridized carbons (Fsp3) is 0.0476. The van der Waals surface area contributed by atoms with Crippen molar-refractivity contribution in [1.82, 2.24) is 0 Å². The molecule has 0 aliphatic rings. The van der Waals surface area contributed by atoms with Crippen molar-refractivity contribution < 1.29 is 22.7 Å². The topological polar surface area (TPSA) is 168 Å². The van der Waals surface area contributed by atoms with Crippen molar-refractivity contribution in [3.05, 3.63) is 71.8 Å². The second kappa shape index (κ2) is 8.46. The maximum absolute atomic E-state index is 11.9. The van der Waals surface area contributed by atoms with Gasteiger partial charge in [0.25, 0.3) is 5.91 Å². The van der Waals surface area contributed by atoms with Gasteiger partial charge in [0.15, 0.2) is 0 Å². The molecule has 0 radical (unpaired) electrons. The highest BCUT2D eigenvalue weighted by Gasteiger charge is 2.16. The number of nitrogens with two attached hydrogens (primary N) is 3. The highest BCUT2D eigenvalue weighted by Crippen LogP contribution is 2.34. The maximum Gasteiger partial charge on any atom is 0.337 e. The lowest BCUT2D eigenvalue weighted by atomic mass is 9.98. The zero-order valence-electron chi connectivity index (χ0n) is 16.5. The molecule has 0 aliphatic carbocycles. The van der Waals surface area contributed by atoms with Crippen molar-refractivity contribution in [1.29, 1.82) is 0 Å². The molecule has 1 amide bonds. The summed E-state index contributed by atoms with van der Waals surface area (Å²) in [5.41, 5.74) is 14.3. The fourth-order valence-electron chi connectivity index (χ4n) is 3.00. The number of anilines is 3. The third-order valence-electron chi connectivity index (χ3n) is 4.51. The fourth-order valence-corrected chi connectivity index (χ4v) is 3.52. The molecule has 9 nitrogen and oxygen atoms in total. The van der Waals surface area contributed by atoms with Gasteiger partial charge in [-0.25, -0.2) is 18.4 Å². The van der Waals surface area contributed by atoms with E-state index in [0.29, 0.717) is 28.1 Å². The molecule has 0 unspecified atom stereocenters. The van der Waals surface area contributed by atoms with Crippen LogP contribution in [0.5, 0.6) is 0 Å². The zero-order chi connectivity index (χ0) is 22.8. The highest BCUT2D eigenvalue weighted by molar-refractivity contribution is 7.89. The molecule has 160 valence electrons. The normalized spacial score (nSPS) is 11.0. The number of amides is 1. The Kier molecular flexibility index (Phi) is 5.95. The van der Waals surface area contributed by atoms with E-state index >= 15 is 0 Å². The predicted molar refractivity (Wildman–Crippen MR) is 117 cm³/mol. The first-order valence-electron chi connectivity index (χ1n) is 8.92. The number of sulfonamides is 1. The summed E-state index contributed by atoms with van der Waals surface area (Å²) in [5, 5.41) is 8.24. The van der Waals surface area contributed by atoms with E-state index in [-0.39, 0.29) is 16.1 Å². The molecule has 0 spiro atoms. The molecule has 0 bridgehead atoms. The molecule has 0 saturated heterocycles. The summed E-state index contributed by atoms with van der Waals surface area (Å²) < 4.78 is 27.7. The number of hydrogen-bond acceptors (Lipinski definition) is 7. The number of esters is 1. The second-order valence-corrected chi connectivity index (χ2v) is 8.18. The third kappa shape index (κ3) is 4.82. The van der Waals surface area contributed by atoms with E-state index in [1.807, 2.05) is 0 Å². The molecule has 31 heavy (non-hydrogen) atoms. The van der Waals surface area contributed by atoms with Crippen LogP contribution >= 0.6 is 0 Å². The summed E-state index contributed by atoms with van der Waals surface area (Å²) in [5.74, 6) is -1.22. The number of rotatable bonds is 6. The number of ether oxygens (including phenoxy) is 1. The Morgan fingerprint density at radius 2 is 1.65 bits per heavy atom. The average molecular weight is 440 g/mol. The molecule has 0 atom stereocenters.